The molecule has 1 N–H and O–H groups in total. The Morgan fingerprint density at radius 1 is 1.04 bits per heavy atom. The van der Waals surface area contributed by atoms with Crippen molar-refractivity contribution >= 4 is 11.6 Å². The standard InChI is InChI=1S/C18H13ClF4N2O/c1-8-15(18(26)11-4-3-9(20)5-12(11)19)17(25(2)24-8)16-13(22)6-10(21)7-14(16)23/h3-7,18,26H,1-2H3. The topological polar surface area (TPSA) is 38.0 Å². The van der Waals surface area contributed by atoms with Crippen LogP contribution in [-0.2, 0) is 7.05 Å². The van der Waals surface area contributed by atoms with Gasteiger partial charge >= 0.3 is 0 Å². The van der Waals surface area contributed by atoms with Gasteiger partial charge in [0, 0.05) is 35.3 Å². The SMILES string of the molecule is Cc1nn(C)c(-c2c(F)cc(F)cc2F)c1C(O)c1ccc(F)cc1Cl. The number of aliphatic hydroxyl groups excluding tert-OH is 1. The average Bonchev–Trinajstić information content (AvgIpc) is 2.80. The lowest BCUT2D eigenvalue weighted by molar-refractivity contribution is 0.220. The van der Waals surface area contributed by atoms with Gasteiger partial charge in [-0.15, -0.1) is 0 Å². The molecular weight excluding hydrogens is 372 g/mol. The fraction of sp³-hybridized carbons (Fsp3) is 0.167. The van der Waals surface area contributed by atoms with E-state index in [-0.39, 0.29) is 21.8 Å². The van der Waals surface area contributed by atoms with Crippen LogP contribution < -0.4 is 0 Å². The first-order valence-electron chi connectivity index (χ1n) is 7.52. The number of halogens is 5. The van der Waals surface area contributed by atoms with E-state index in [2.05, 4.69) is 5.10 Å². The molecule has 3 aromatic rings. The fourth-order valence-corrected chi connectivity index (χ4v) is 3.22. The molecule has 0 saturated heterocycles. The Balaban J connectivity index is 2.25. The van der Waals surface area contributed by atoms with Gasteiger partial charge in [-0.05, 0) is 19.1 Å². The number of nitrogens with zero attached hydrogens (tertiary/aromatic N) is 2. The molecule has 3 nitrogen and oxygen atoms in total. The molecule has 1 heterocycles. The van der Waals surface area contributed by atoms with E-state index in [1.807, 2.05) is 0 Å². The summed E-state index contributed by atoms with van der Waals surface area (Å²) in [5.41, 5.74) is -0.0653. The van der Waals surface area contributed by atoms with Crippen molar-refractivity contribution in [2.75, 3.05) is 0 Å². The van der Waals surface area contributed by atoms with Gasteiger partial charge in [-0.2, -0.15) is 5.10 Å². The number of rotatable bonds is 3. The molecule has 1 atom stereocenters. The summed E-state index contributed by atoms with van der Waals surface area (Å²) in [6.45, 7) is 1.54. The Morgan fingerprint density at radius 3 is 2.23 bits per heavy atom. The number of aliphatic hydroxyl groups is 1. The van der Waals surface area contributed by atoms with Crippen LogP contribution >= 0.6 is 11.6 Å². The van der Waals surface area contributed by atoms with Gasteiger partial charge in [0.05, 0.1) is 17.0 Å². The maximum Gasteiger partial charge on any atom is 0.138 e. The minimum absolute atomic E-state index is 0.0493. The highest BCUT2D eigenvalue weighted by Gasteiger charge is 2.28. The van der Waals surface area contributed by atoms with E-state index in [9.17, 15) is 22.7 Å². The molecule has 0 amide bonds. The summed E-state index contributed by atoms with van der Waals surface area (Å²) >= 11 is 5.99. The van der Waals surface area contributed by atoms with Crippen LogP contribution in [0.1, 0.15) is 22.9 Å². The number of aryl methyl sites for hydroxylation is 2. The number of hydrogen-bond acceptors (Lipinski definition) is 2. The summed E-state index contributed by atoms with van der Waals surface area (Å²) in [4.78, 5) is 0. The second-order valence-electron chi connectivity index (χ2n) is 5.78. The lowest BCUT2D eigenvalue weighted by Crippen LogP contribution is -2.06. The maximum atomic E-state index is 14.3. The Labute approximate surface area is 151 Å². The monoisotopic (exact) mass is 384 g/mol. The van der Waals surface area contributed by atoms with E-state index in [1.54, 1.807) is 6.92 Å². The molecule has 26 heavy (non-hydrogen) atoms. The summed E-state index contributed by atoms with van der Waals surface area (Å²) < 4.78 is 56.3. The van der Waals surface area contributed by atoms with Crippen LogP contribution in [0.4, 0.5) is 17.6 Å². The van der Waals surface area contributed by atoms with Crippen molar-refractivity contribution in [1.29, 1.82) is 0 Å². The van der Waals surface area contributed by atoms with E-state index < -0.39 is 34.9 Å². The number of aromatic nitrogens is 2. The summed E-state index contributed by atoms with van der Waals surface area (Å²) in [7, 11) is 1.44. The second kappa shape index (κ2) is 6.74. The summed E-state index contributed by atoms with van der Waals surface area (Å²) in [6, 6.07) is 4.49. The van der Waals surface area contributed by atoms with Crippen LogP contribution in [0.5, 0.6) is 0 Å². The Bertz CT molecular complexity index is 980. The predicted octanol–water partition coefficient (Wildman–Crippen LogP) is 4.69. The maximum absolute atomic E-state index is 14.3. The van der Waals surface area contributed by atoms with Gasteiger partial charge in [-0.1, -0.05) is 17.7 Å². The van der Waals surface area contributed by atoms with Gasteiger partial charge in [-0.3, -0.25) is 4.68 Å². The zero-order valence-corrected chi connectivity index (χ0v) is 14.5. The van der Waals surface area contributed by atoms with Crippen molar-refractivity contribution in [2.24, 2.45) is 7.05 Å². The first-order valence-corrected chi connectivity index (χ1v) is 7.90. The normalized spacial score (nSPS) is 12.5. The summed E-state index contributed by atoms with van der Waals surface area (Å²) in [5, 5.41) is 14.8. The van der Waals surface area contributed by atoms with Crippen molar-refractivity contribution in [1.82, 2.24) is 9.78 Å². The highest BCUT2D eigenvalue weighted by Crippen LogP contribution is 2.38. The zero-order chi connectivity index (χ0) is 19.2. The molecule has 3 rings (SSSR count). The van der Waals surface area contributed by atoms with Crippen LogP contribution in [0.15, 0.2) is 30.3 Å². The molecule has 8 heteroatoms. The van der Waals surface area contributed by atoms with Crippen molar-refractivity contribution in [3.63, 3.8) is 0 Å². The van der Waals surface area contributed by atoms with E-state index in [1.165, 1.54) is 17.8 Å². The lowest BCUT2D eigenvalue weighted by Gasteiger charge is -2.16. The van der Waals surface area contributed by atoms with E-state index >= 15 is 0 Å². The molecule has 0 fully saturated rings. The van der Waals surface area contributed by atoms with Crippen molar-refractivity contribution < 1.29 is 22.7 Å². The van der Waals surface area contributed by atoms with E-state index in [0.717, 1.165) is 12.1 Å². The minimum Gasteiger partial charge on any atom is -0.383 e. The Kier molecular flexibility index (Phi) is 4.77. The molecule has 1 aromatic heterocycles. The lowest BCUT2D eigenvalue weighted by atomic mass is 9.95. The van der Waals surface area contributed by atoms with Crippen molar-refractivity contribution in [3.05, 3.63) is 75.4 Å². The highest BCUT2D eigenvalue weighted by atomic mass is 35.5. The first-order chi connectivity index (χ1) is 12.2. The third-order valence-corrected chi connectivity index (χ3v) is 4.37. The number of hydrogen-bond donors (Lipinski definition) is 1. The zero-order valence-electron chi connectivity index (χ0n) is 13.7. The number of benzene rings is 2. The van der Waals surface area contributed by atoms with Gasteiger partial charge < -0.3 is 5.11 Å². The third kappa shape index (κ3) is 3.08. The van der Waals surface area contributed by atoms with Gasteiger partial charge in [0.25, 0.3) is 0 Å². The molecule has 1 unspecified atom stereocenters. The molecule has 0 aliphatic carbocycles. The molecule has 0 aliphatic heterocycles. The molecule has 0 saturated carbocycles. The molecule has 0 aliphatic rings. The molecule has 136 valence electrons. The quantitative estimate of drug-likeness (QED) is 0.665. The van der Waals surface area contributed by atoms with Gasteiger partial charge in [0.15, 0.2) is 0 Å². The molecule has 0 spiro atoms. The van der Waals surface area contributed by atoms with Crippen molar-refractivity contribution in [2.45, 2.75) is 13.0 Å². The molecule has 0 bridgehead atoms. The minimum atomic E-state index is -1.42. The van der Waals surface area contributed by atoms with Crippen LogP contribution in [-0.4, -0.2) is 14.9 Å². The largest absolute Gasteiger partial charge is 0.383 e. The predicted molar refractivity (Wildman–Crippen MR) is 88.7 cm³/mol. The highest BCUT2D eigenvalue weighted by molar-refractivity contribution is 6.31. The van der Waals surface area contributed by atoms with Crippen LogP contribution in [0, 0.1) is 30.2 Å². The van der Waals surface area contributed by atoms with Gasteiger partial charge in [0.2, 0.25) is 0 Å². The second-order valence-corrected chi connectivity index (χ2v) is 6.19. The molecule has 2 aromatic carbocycles. The summed E-state index contributed by atoms with van der Waals surface area (Å²) in [6.07, 6.45) is -1.42. The van der Waals surface area contributed by atoms with E-state index in [4.69, 9.17) is 11.6 Å². The van der Waals surface area contributed by atoms with Gasteiger partial charge in [0.1, 0.15) is 29.4 Å². The Morgan fingerprint density at radius 2 is 1.65 bits per heavy atom. The molecular formula is C18H13ClF4N2O. The van der Waals surface area contributed by atoms with E-state index in [0.29, 0.717) is 17.8 Å². The first kappa shape index (κ1) is 18.4. The van der Waals surface area contributed by atoms with Crippen LogP contribution in [0.2, 0.25) is 5.02 Å². The fourth-order valence-electron chi connectivity index (χ4n) is 2.95. The Hall–Kier alpha value is -2.38. The summed E-state index contributed by atoms with van der Waals surface area (Å²) in [5.74, 6) is -3.93. The van der Waals surface area contributed by atoms with Gasteiger partial charge in [-0.25, -0.2) is 17.6 Å². The van der Waals surface area contributed by atoms with Crippen molar-refractivity contribution in [3.8, 4) is 11.3 Å². The molecule has 0 radical (unpaired) electrons. The van der Waals surface area contributed by atoms with Crippen LogP contribution in [0.25, 0.3) is 11.3 Å². The average molecular weight is 385 g/mol. The van der Waals surface area contributed by atoms with Crippen LogP contribution in [0.3, 0.4) is 0 Å². The smallest absolute Gasteiger partial charge is 0.138 e. The third-order valence-electron chi connectivity index (χ3n) is 4.04.